The van der Waals surface area contributed by atoms with Crippen LogP contribution in [0.2, 0.25) is 0 Å². The zero-order valence-corrected chi connectivity index (χ0v) is 15.0. The molecule has 4 rings (SSSR count). The van der Waals surface area contributed by atoms with Gasteiger partial charge in [-0.2, -0.15) is 5.10 Å². The normalized spacial score (nSPS) is 33.2. The number of carbonyl (C=O) groups excluding carboxylic acids is 1. The minimum atomic E-state index is -3.43. The van der Waals surface area contributed by atoms with Crippen molar-refractivity contribution in [3.05, 3.63) is 36.2 Å². The monoisotopic (exact) mass is 365 g/mol. The van der Waals surface area contributed by atoms with E-state index in [0.717, 1.165) is 38.7 Å². The van der Waals surface area contributed by atoms with Crippen molar-refractivity contribution in [1.29, 1.82) is 0 Å². The molecule has 0 aromatic rings. The molecule has 3 saturated heterocycles. The summed E-state index contributed by atoms with van der Waals surface area (Å²) in [5.41, 5.74) is 3.43. The Kier molecular flexibility index (Phi) is 4.96. The van der Waals surface area contributed by atoms with Crippen LogP contribution in [-0.2, 0) is 14.8 Å². The summed E-state index contributed by atoms with van der Waals surface area (Å²) in [5.74, 6) is 0.198. The van der Waals surface area contributed by atoms with E-state index in [0.29, 0.717) is 17.2 Å². The number of hydrazone groups is 1. The topological polar surface area (TPSA) is 103 Å². The lowest BCUT2D eigenvalue weighted by atomic mass is 9.84. The van der Waals surface area contributed by atoms with E-state index in [-0.39, 0.29) is 17.7 Å². The second-order valence-corrected chi connectivity index (χ2v) is 8.39. The van der Waals surface area contributed by atoms with Gasteiger partial charge in [0.15, 0.2) is 5.71 Å². The Morgan fingerprint density at radius 3 is 2.72 bits per heavy atom. The van der Waals surface area contributed by atoms with Gasteiger partial charge >= 0.3 is 0 Å². The molecule has 1 atom stereocenters. The minimum absolute atomic E-state index is 0.115. The minimum Gasteiger partial charge on any atom is -0.346 e. The molecule has 9 heteroatoms. The maximum absolute atomic E-state index is 12.7. The first-order chi connectivity index (χ1) is 11.8. The summed E-state index contributed by atoms with van der Waals surface area (Å²) < 4.78 is 25.2. The van der Waals surface area contributed by atoms with E-state index in [1.807, 2.05) is 0 Å². The smallest absolute Gasteiger partial charge is 0.272 e. The summed E-state index contributed by atoms with van der Waals surface area (Å²) in [7, 11) is -3.43. The lowest BCUT2D eigenvalue weighted by Crippen LogP contribution is -2.58. The zero-order chi connectivity index (χ0) is 18.0. The molecule has 3 fully saturated rings. The number of hydrogen-bond acceptors (Lipinski definition) is 6. The molecule has 8 nitrogen and oxygen atoms in total. The Balaban J connectivity index is 1.71. The summed E-state index contributed by atoms with van der Waals surface area (Å²) in [5, 5.41) is 7.11. The van der Waals surface area contributed by atoms with Crippen molar-refractivity contribution < 1.29 is 13.2 Å². The van der Waals surface area contributed by atoms with E-state index in [4.69, 9.17) is 0 Å². The van der Waals surface area contributed by atoms with Crippen LogP contribution < -0.4 is 15.5 Å². The highest BCUT2D eigenvalue weighted by atomic mass is 32.2. The fraction of sp³-hybridized carbons (Fsp3) is 0.500. The van der Waals surface area contributed by atoms with Gasteiger partial charge in [-0.05, 0) is 44.0 Å². The van der Waals surface area contributed by atoms with Crippen molar-refractivity contribution in [2.45, 2.75) is 18.9 Å². The largest absolute Gasteiger partial charge is 0.346 e. The lowest BCUT2D eigenvalue weighted by molar-refractivity contribution is -0.116. The van der Waals surface area contributed by atoms with E-state index in [1.165, 1.54) is 18.4 Å². The molecule has 0 aromatic carbocycles. The molecule has 4 aliphatic heterocycles. The van der Waals surface area contributed by atoms with Crippen LogP contribution in [0.3, 0.4) is 0 Å². The standard InChI is InChI=1S/C16H23N5O3S/c1-11-9-13(20-25(2,23)24)3-6-17-19-15(11)16(22)18-14-10-21-7-4-12(14)5-8-21/h3,6,9,12,14,17,20H,1,4-5,7-8,10H2,2H3,(H,18,22)/b6-3?,13-9+,19-15+/t14-/m1/s1. The van der Waals surface area contributed by atoms with Crippen LogP contribution in [0.4, 0.5) is 0 Å². The zero-order valence-electron chi connectivity index (χ0n) is 14.2. The third-order valence-corrected chi connectivity index (χ3v) is 5.25. The summed E-state index contributed by atoms with van der Waals surface area (Å²) in [4.78, 5) is 15.0. The fourth-order valence-electron chi connectivity index (χ4n) is 3.44. The predicted molar refractivity (Wildman–Crippen MR) is 96.0 cm³/mol. The van der Waals surface area contributed by atoms with Crippen LogP contribution in [-0.4, -0.2) is 56.9 Å². The highest BCUT2D eigenvalue weighted by Crippen LogP contribution is 2.27. The highest BCUT2D eigenvalue weighted by molar-refractivity contribution is 7.88. The predicted octanol–water partition coefficient (Wildman–Crippen LogP) is -0.341. The van der Waals surface area contributed by atoms with Crippen LogP contribution in [0, 0.1) is 5.92 Å². The summed E-state index contributed by atoms with van der Waals surface area (Å²) >= 11 is 0. The number of piperidine rings is 3. The van der Waals surface area contributed by atoms with Crippen LogP contribution in [0.15, 0.2) is 41.3 Å². The van der Waals surface area contributed by atoms with Gasteiger partial charge in [0.1, 0.15) is 0 Å². The second kappa shape index (κ2) is 7.01. The van der Waals surface area contributed by atoms with Crippen LogP contribution in [0.1, 0.15) is 12.8 Å². The quantitative estimate of drug-likeness (QED) is 0.632. The molecule has 1 amide bonds. The van der Waals surface area contributed by atoms with Crippen molar-refractivity contribution >= 4 is 21.6 Å². The summed E-state index contributed by atoms with van der Waals surface area (Å²) in [6.45, 7) is 6.91. The molecule has 0 saturated carbocycles. The molecule has 2 bridgehead atoms. The van der Waals surface area contributed by atoms with Gasteiger partial charge in [0.05, 0.1) is 12.0 Å². The molecule has 0 unspecified atom stereocenters. The first-order valence-corrected chi connectivity index (χ1v) is 10.1. The second-order valence-electron chi connectivity index (χ2n) is 6.64. The molecular weight excluding hydrogens is 342 g/mol. The Bertz CT molecular complexity index is 761. The average molecular weight is 365 g/mol. The van der Waals surface area contributed by atoms with E-state index in [2.05, 4.69) is 32.0 Å². The van der Waals surface area contributed by atoms with Crippen molar-refractivity contribution in [3.63, 3.8) is 0 Å². The van der Waals surface area contributed by atoms with Crippen molar-refractivity contribution in [2.24, 2.45) is 11.0 Å². The Morgan fingerprint density at radius 2 is 2.12 bits per heavy atom. The van der Waals surface area contributed by atoms with Crippen LogP contribution in [0.25, 0.3) is 0 Å². The van der Waals surface area contributed by atoms with Gasteiger partial charge in [0.2, 0.25) is 10.0 Å². The summed E-state index contributed by atoms with van der Waals surface area (Å²) in [6.07, 6.45) is 7.72. The molecule has 25 heavy (non-hydrogen) atoms. The number of nitrogens with one attached hydrogen (secondary N) is 3. The third kappa shape index (κ3) is 4.49. The van der Waals surface area contributed by atoms with Gasteiger partial charge in [-0.15, -0.1) is 0 Å². The Labute approximate surface area is 147 Å². The van der Waals surface area contributed by atoms with Gasteiger partial charge in [0, 0.05) is 24.4 Å². The maximum atomic E-state index is 12.7. The van der Waals surface area contributed by atoms with E-state index in [1.54, 1.807) is 0 Å². The molecule has 0 aliphatic carbocycles. The molecule has 4 heterocycles. The summed E-state index contributed by atoms with van der Waals surface area (Å²) in [6, 6.07) is 0.115. The number of rotatable bonds is 4. The van der Waals surface area contributed by atoms with Gasteiger partial charge in [0.25, 0.3) is 5.91 Å². The maximum Gasteiger partial charge on any atom is 0.272 e. The molecule has 4 aliphatic rings. The van der Waals surface area contributed by atoms with Crippen LogP contribution >= 0.6 is 0 Å². The first-order valence-electron chi connectivity index (χ1n) is 8.23. The number of allylic oxidation sites excluding steroid dienone is 2. The number of sulfonamides is 1. The number of amides is 1. The SMILES string of the molecule is C=C1/C=C(/NS(C)(=O)=O)C=CN/N=C\1C(=O)N[C@@H]1CN2CCC1CC2. The van der Waals surface area contributed by atoms with Gasteiger partial charge in [-0.25, -0.2) is 8.42 Å². The molecule has 3 N–H and O–H groups in total. The van der Waals surface area contributed by atoms with Crippen LogP contribution in [0.5, 0.6) is 0 Å². The van der Waals surface area contributed by atoms with Crippen molar-refractivity contribution in [1.82, 2.24) is 20.4 Å². The van der Waals surface area contributed by atoms with E-state index in [9.17, 15) is 13.2 Å². The molecular formula is C16H23N5O3S. The number of hydrogen-bond donors (Lipinski definition) is 3. The van der Waals surface area contributed by atoms with E-state index >= 15 is 0 Å². The highest BCUT2D eigenvalue weighted by Gasteiger charge is 2.35. The molecule has 136 valence electrons. The Morgan fingerprint density at radius 1 is 1.40 bits per heavy atom. The number of nitrogens with zero attached hydrogens (tertiary/aromatic N) is 2. The molecule has 0 aromatic heterocycles. The Hall–Kier alpha value is -2.13. The van der Waals surface area contributed by atoms with E-state index < -0.39 is 10.0 Å². The third-order valence-electron chi connectivity index (χ3n) is 4.64. The van der Waals surface area contributed by atoms with Crippen molar-refractivity contribution in [2.75, 3.05) is 25.9 Å². The fourth-order valence-corrected chi connectivity index (χ4v) is 4.00. The lowest BCUT2D eigenvalue weighted by Gasteiger charge is -2.44. The number of fused-ring (bicyclic) bond motifs is 3. The number of carbonyl (C=O) groups is 1. The average Bonchev–Trinajstić information content (AvgIpc) is 2.52. The first kappa shape index (κ1) is 17.7. The van der Waals surface area contributed by atoms with Gasteiger partial charge in [-0.1, -0.05) is 6.58 Å². The molecule has 0 spiro atoms. The van der Waals surface area contributed by atoms with Crippen molar-refractivity contribution in [3.8, 4) is 0 Å². The van der Waals surface area contributed by atoms with Gasteiger partial charge < -0.3 is 10.2 Å². The van der Waals surface area contributed by atoms with Gasteiger partial charge in [-0.3, -0.25) is 14.9 Å². The molecule has 0 radical (unpaired) electrons.